The monoisotopic (exact) mass is 172 g/mol. The zero-order valence-corrected chi connectivity index (χ0v) is 7.66. The topological polar surface area (TPSA) is 17.1 Å². The molecule has 0 amide bonds. The molecule has 0 N–H and O–H groups in total. The van der Waals surface area contributed by atoms with Crippen LogP contribution >= 0.6 is 0 Å². The maximum absolute atomic E-state index is 10.7. The van der Waals surface area contributed by atoms with Crippen molar-refractivity contribution in [2.24, 2.45) is 5.92 Å². The number of carbonyl (C=O) groups excluding carboxylic acids is 1. The van der Waals surface area contributed by atoms with Gasteiger partial charge in [-0.05, 0) is 17.9 Å². The lowest BCUT2D eigenvalue weighted by molar-refractivity contribution is 0.112. The first kappa shape index (κ1) is 8.24. The number of hydrogen-bond acceptors (Lipinski definition) is 1. The highest BCUT2D eigenvalue weighted by atomic mass is 16.1. The molecule has 1 aliphatic rings. The van der Waals surface area contributed by atoms with E-state index in [0.717, 1.165) is 23.3 Å². The first-order valence-electron chi connectivity index (χ1n) is 4.56. The minimum Gasteiger partial charge on any atom is -0.298 e. The number of aldehydes is 1. The van der Waals surface area contributed by atoms with Gasteiger partial charge in [0.15, 0.2) is 6.29 Å². The molecule has 0 aliphatic heterocycles. The van der Waals surface area contributed by atoms with Gasteiger partial charge in [-0.25, -0.2) is 0 Å². The quantitative estimate of drug-likeness (QED) is 0.627. The van der Waals surface area contributed by atoms with Crippen LogP contribution in [0.4, 0.5) is 0 Å². The van der Waals surface area contributed by atoms with Crippen LogP contribution in [0.5, 0.6) is 0 Å². The Kier molecular flexibility index (Phi) is 2.01. The van der Waals surface area contributed by atoms with E-state index in [0.29, 0.717) is 0 Å². The number of rotatable bonds is 2. The highest BCUT2D eigenvalue weighted by molar-refractivity contribution is 5.82. The Morgan fingerprint density at radius 3 is 2.46 bits per heavy atom. The molecule has 1 aromatic rings. The van der Waals surface area contributed by atoms with Crippen molar-refractivity contribution in [1.29, 1.82) is 0 Å². The lowest BCUT2D eigenvalue weighted by Crippen LogP contribution is -1.83. The van der Waals surface area contributed by atoms with Crippen LogP contribution in [0.1, 0.15) is 29.3 Å². The zero-order chi connectivity index (χ0) is 9.26. The molecule has 2 rings (SSSR count). The fourth-order valence-electron chi connectivity index (χ4n) is 1.45. The summed E-state index contributed by atoms with van der Waals surface area (Å²) in [6.45, 7) is 2.20. The van der Waals surface area contributed by atoms with Crippen molar-refractivity contribution in [2.45, 2.75) is 13.3 Å². The van der Waals surface area contributed by atoms with Crippen LogP contribution in [-0.4, -0.2) is 6.29 Å². The molecule has 0 spiro atoms. The highest BCUT2D eigenvalue weighted by Crippen LogP contribution is 2.38. The molecule has 1 aliphatic carbocycles. The Bertz CT molecular complexity index is 363. The minimum absolute atomic E-state index is 0.722. The van der Waals surface area contributed by atoms with Gasteiger partial charge >= 0.3 is 0 Å². The van der Waals surface area contributed by atoms with E-state index in [4.69, 9.17) is 0 Å². The molecule has 0 bridgehead atoms. The Hall–Kier alpha value is -1.37. The van der Waals surface area contributed by atoms with E-state index in [1.54, 1.807) is 0 Å². The van der Waals surface area contributed by atoms with Gasteiger partial charge in [-0.2, -0.15) is 0 Å². The summed E-state index contributed by atoms with van der Waals surface area (Å²) in [5.74, 6) is 0.722. The predicted molar refractivity (Wildman–Crippen MR) is 53.6 cm³/mol. The zero-order valence-electron chi connectivity index (χ0n) is 7.66. The summed E-state index contributed by atoms with van der Waals surface area (Å²) >= 11 is 0. The SMILES string of the molecule is C[C@H]1C/C1=C\c1ccccc1C=O. The number of allylic oxidation sites excluding steroid dienone is 1. The standard InChI is InChI=1S/C12H12O/c1-9-6-12(9)7-10-4-2-3-5-11(10)8-13/h2-5,7-9H,6H2,1H3/b12-7+/t9-/m0/s1. The van der Waals surface area contributed by atoms with Gasteiger partial charge in [-0.3, -0.25) is 4.79 Å². The molecule has 1 fully saturated rings. The molecule has 0 radical (unpaired) electrons. The molecule has 66 valence electrons. The van der Waals surface area contributed by atoms with Crippen LogP contribution in [0.2, 0.25) is 0 Å². The van der Waals surface area contributed by atoms with Crippen molar-refractivity contribution < 1.29 is 4.79 Å². The average molecular weight is 172 g/mol. The second kappa shape index (κ2) is 3.17. The second-order valence-electron chi connectivity index (χ2n) is 3.57. The van der Waals surface area contributed by atoms with Crippen LogP contribution in [-0.2, 0) is 0 Å². The maximum Gasteiger partial charge on any atom is 0.150 e. The van der Waals surface area contributed by atoms with Gasteiger partial charge in [0.1, 0.15) is 0 Å². The first-order valence-corrected chi connectivity index (χ1v) is 4.56. The van der Waals surface area contributed by atoms with Crippen LogP contribution in [0.15, 0.2) is 29.8 Å². The summed E-state index contributed by atoms with van der Waals surface area (Å²) in [6, 6.07) is 7.70. The van der Waals surface area contributed by atoms with E-state index in [2.05, 4.69) is 13.0 Å². The summed E-state index contributed by atoms with van der Waals surface area (Å²) in [5, 5.41) is 0. The highest BCUT2D eigenvalue weighted by Gasteiger charge is 2.23. The van der Waals surface area contributed by atoms with E-state index >= 15 is 0 Å². The van der Waals surface area contributed by atoms with E-state index in [9.17, 15) is 4.79 Å². The Balaban J connectivity index is 2.34. The Labute approximate surface area is 78.1 Å². The number of hydrogen-bond donors (Lipinski definition) is 0. The average Bonchev–Trinajstić information content (AvgIpc) is 2.83. The second-order valence-corrected chi connectivity index (χ2v) is 3.57. The van der Waals surface area contributed by atoms with Crippen molar-refractivity contribution in [3.8, 4) is 0 Å². The lowest BCUT2D eigenvalue weighted by atomic mass is 10.1. The van der Waals surface area contributed by atoms with E-state index < -0.39 is 0 Å². The van der Waals surface area contributed by atoms with E-state index in [1.165, 1.54) is 12.0 Å². The normalized spacial score (nSPS) is 23.2. The third kappa shape index (κ3) is 1.69. The lowest BCUT2D eigenvalue weighted by Gasteiger charge is -1.96. The van der Waals surface area contributed by atoms with Crippen molar-refractivity contribution in [3.05, 3.63) is 41.0 Å². The number of benzene rings is 1. The van der Waals surface area contributed by atoms with Gasteiger partial charge in [-0.15, -0.1) is 0 Å². The molecule has 0 unspecified atom stereocenters. The van der Waals surface area contributed by atoms with Gasteiger partial charge in [0.25, 0.3) is 0 Å². The molecule has 0 saturated heterocycles. The minimum atomic E-state index is 0.722. The third-order valence-electron chi connectivity index (χ3n) is 2.48. The molecule has 1 saturated carbocycles. The van der Waals surface area contributed by atoms with Crippen LogP contribution in [0.3, 0.4) is 0 Å². The molecule has 1 aromatic carbocycles. The van der Waals surface area contributed by atoms with Crippen molar-refractivity contribution in [1.82, 2.24) is 0 Å². The van der Waals surface area contributed by atoms with E-state index in [-0.39, 0.29) is 0 Å². The summed E-state index contributed by atoms with van der Waals surface area (Å²) in [7, 11) is 0. The fraction of sp³-hybridized carbons (Fsp3) is 0.250. The van der Waals surface area contributed by atoms with Gasteiger partial charge in [0.05, 0.1) is 0 Å². The van der Waals surface area contributed by atoms with Gasteiger partial charge in [-0.1, -0.05) is 42.8 Å². The predicted octanol–water partition coefficient (Wildman–Crippen LogP) is 2.92. The molecule has 1 atom stereocenters. The molecular formula is C12H12O. The van der Waals surface area contributed by atoms with Gasteiger partial charge in [0, 0.05) is 5.56 Å². The largest absolute Gasteiger partial charge is 0.298 e. The summed E-state index contributed by atoms with van der Waals surface area (Å²) in [4.78, 5) is 10.7. The Morgan fingerprint density at radius 1 is 1.31 bits per heavy atom. The van der Waals surface area contributed by atoms with Crippen molar-refractivity contribution in [3.63, 3.8) is 0 Å². The first-order chi connectivity index (χ1) is 6.31. The fourth-order valence-corrected chi connectivity index (χ4v) is 1.45. The van der Waals surface area contributed by atoms with Crippen LogP contribution < -0.4 is 0 Å². The van der Waals surface area contributed by atoms with Gasteiger partial charge in [0.2, 0.25) is 0 Å². The third-order valence-corrected chi connectivity index (χ3v) is 2.48. The summed E-state index contributed by atoms with van der Waals surface area (Å²) in [6.07, 6.45) is 4.24. The molecule has 13 heavy (non-hydrogen) atoms. The molecule has 0 heterocycles. The molecule has 1 nitrogen and oxygen atoms in total. The molecule has 0 aromatic heterocycles. The maximum atomic E-state index is 10.7. The van der Waals surface area contributed by atoms with Gasteiger partial charge < -0.3 is 0 Å². The molecular weight excluding hydrogens is 160 g/mol. The van der Waals surface area contributed by atoms with Crippen molar-refractivity contribution >= 4 is 12.4 Å². The molecule has 1 heteroatoms. The number of carbonyl (C=O) groups is 1. The summed E-state index contributed by atoms with van der Waals surface area (Å²) in [5.41, 5.74) is 3.29. The summed E-state index contributed by atoms with van der Waals surface area (Å²) < 4.78 is 0. The Morgan fingerprint density at radius 2 is 1.92 bits per heavy atom. The van der Waals surface area contributed by atoms with Crippen LogP contribution in [0.25, 0.3) is 6.08 Å². The van der Waals surface area contributed by atoms with E-state index in [1.807, 2.05) is 24.3 Å². The van der Waals surface area contributed by atoms with Crippen molar-refractivity contribution in [2.75, 3.05) is 0 Å². The smallest absolute Gasteiger partial charge is 0.150 e. The van der Waals surface area contributed by atoms with Crippen LogP contribution in [0, 0.1) is 5.92 Å².